The molecule has 0 saturated heterocycles. The van der Waals surface area contributed by atoms with Crippen LogP contribution in [0.1, 0.15) is 77.8 Å². The van der Waals surface area contributed by atoms with Crippen molar-refractivity contribution in [3.05, 3.63) is 29.8 Å². The van der Waals surface area contributed by atoms with Crippen LogP contribution in [0.4, 0.5) is 4.79 Å². The van der Waals surface area contributed by atoms with Gasteiger partial charge in [-0.25, -0.2) is 4.79 Å². The maximum Gasteiger partial charge on any atom is 0.408 e. The number of carbonyl (C=O) groups excluding carboxylic acids is 2. The highest BCUT2D eigenvalue weighted by Crippen LogP contribution is 2.19. The van der Waals surface area contributed by atoms with E-state index in [-0.39, 0.29) is 12.0 Å². The van der Waals surface area contributed by atoms with Crippen molar-refractivity contribution in [2.45, 2.75) is 77.9 Å². The average molecular weight is 526 g/mol. The van der Waals surface area contributed by atoms with Gasteiger partial charge in [0.15, 0.2) is 0 Å². The number of amides is 1. The highest BCUT2D eigenvalue weighted by Gasteiger charge is 2.18. The zero-order valence-electron chi connectivity index (χ0n) is 23.3. The number of rotatable bonds is 20. The summed E-state index contributed by atoms with van der Waals surface area (Å²) in [6, 6.07) is 7.62. The molecule has 0 fully saturated rings. The Balaban J connectivity index is 1.94. The molecule has 0 saturated carbocycles. The van der Waals surface area contributed by atoms with Crippen LogP contribution in [0.5, 0.6) is 5.75 Å². The zero-order valence-corrected chi connectivity index (χ0v) is 23.3. The molecule has 0 spiro atoms. The first kappa shape index (κ1) is 32.7. The molecule has 9 heteroatoms. The molecule has 0 bridgehead atoms. The number of alkyl carbamates (subject to hydrolysis) is 1. The van der Waals surface area contributed by atoms with Crippen molar-refractivity contribution < 1.29 is 38.0 Å². The molecule has 37 heavy (non-hydrogen) atoms. The Morgan fingerprint density at radius 3 is 1.89 bits per heavy atom. The number of esters is 1. The van der Waals surface area contributed by atoms with Gasteiger partial charge in [0.05, 0.1) is 46.2 Å². The van der Waals surface area contributed by atoms with Gasteiger partial charge in [-0.3, -0.25) is 4.79 Å². The van der Waals surface area contributed by atoms with E-state index in [1.54, 1.807) is 0 Å². The molecule has 0 aliphatic rings. The number of hydrogen-bond acceptors (Lipinski definition) is 8. The fourth-order valence-corrected chi connectivity index (χ4v) is 3.23. The van der Waals surface area contributed by atoms with Crippen LogP contribution < -0.4 is 10.1 Å². The summed E-state index contributed by atoms with van der Waals surface area (Å²) in [5.74, 6) is 0.609. The van der Waals surface area contributed by atoms with Crippen molar-refractivity contribution in [3.63, 3.8) is 0 Å². The Kier molecular flexibility index (Phi) is 17.4. The van der Waals surface area contributed by atoms with E-state index in [0.29, 0.717) is 52.5 Å². The van der Waals surface area contributed by atoms with Gasteiger partial charge in [0.1, 0.15) is 11.4 Å². The molecule has 0 aromatic heterocycles. The van der Waals surface area contributed by atoms with E-state index in [9.17, 15) is 9.59 Å². The van der Waals surface area contributed by atoms with Crippen molar-refractivity contribution in [2.75, 3.05) is 53.4 Å². The second-order valence-corrected chi connectivity index (χ2v) is 9.72. The van der Waals surface area contributed by atoms with E-state index < -0.39 is 11.7 Å². The van der Waals surface area contributed by atoms with Crippen LogP contribution in [-0.2, 0) is 28.5 Å². The second-order valence-electron chi connectivity index (χ2n) is 9.72. The first-order valence-electron chi connectivity index (χ1n) is 13.2. The summed E-state index contributed by atoms with van der Waals surface area (Å²) in [5.41, 5.74) is 0.472. The fourth-order valence-electron chi connectivity index (χ4n) is 3.23. The van der Waals surface area contributed by atoms with Gasteiger partial charge in [0.2, 0.25) is 0 Å². The van der Waals surface area contributed by atoms with Crippen molar-refractivity contribution >= 4 is 12.1 Å². The molecule has 0 radical (unpaired) electrons. The quantitative estimate of drug-likeness (QED) is 0.183. The van der Waals surface area contributed by atoms with Gasteiger partial charge in [0, 0.05) is 19.6 Å². The van der Waals surface area contributed by atoms with Crippen LogP contribution in [0.25, 0.3) is 0 Å². The Hall–Kier alpha value is -2.36. The lowest BCUT2D eigenvalue weighted by Gasteiger charge is -2.22. The van der Waals surface area contributed by atoms with E-state index in [0.717, 1.165) is 43.6 Å². The largest absolute Gasteiger partial charge is 0.494 e. The molecular formula is C28H47NO8. The first-order valence-corrected chi connectivity index (χ1v) is 13.2. The summed E-state index contributed by atoms with van der Waals surface area (Å²) in [5, 5.41) is 2.84. The zero-order chi connectivity index (χ0) is 27.4. The molecule has 0 heterocycles. The van der Waals surface area contributed by atoms with Crippen LogP contribution >= 0.6 is 0 Å². The lowest BCUT2D eigenvalue weighted by Crippen LogP contribution is -2.34. The Morgan fingerprint density at radius 1 is 0.784 bits per heavy atom. The standard InChI is InChI=1S/C28H47NO8/c1-23(29-27(31)37-28(2,3)4)24-12-14-25(15-13-24)36-18-9-7-6-8-16-33-19-21-35-22-20-34-17-10-11-26(30)32-5/h12-15,23H,6-11,16-22H2,1-5H3,(H,29,31)/t23-/m1/s1. The SMILES string of the molecule is COC(=O)CCCOCCOCCOCCCCCCOc1ccc([C@@H](C)NC(=O)OC(C)(C)C)cc1. The van der Waals surface area contributed by atoms with Gasteiger partial charge in [0.25, 0.3) is 0 Å². The lowest BCUT2D eigenvalue weighted by molar-refractivity contribution is -0.141. The van der Waals surface area contributed by atoms with Crippen LogP contribution in [0, 0.1) is 0 Å². The van der Waals surface area contributed by atoms with Gasteiger partial charge in [-0.2, -0.15) is 0 Å². The summed E-state index contributed by atoms with van der Waals surface area (Å²) >= 11 is 0. The molecule has 1 rings (SSSR count). The van der Waals surface area contributed by atoms with Crippen molar-refractivity contribution in [1.29, 1.82) is 0 Å². The number of ether oxygens (including phenoxy) is 6. The molecule has 0 unspecified atom stereocenters. The minimum Gasteiger partial charge on any atom is -0.494 e. The number of unbranched alkanes of at least 4 members (excludes halogenated alkanes) is 3. The van der Waals surface area contributed by atoms with E-state index >= 15 is 0 Å². The van der Waals surface area contributed by atoms with Crippen molar-refractivity contribution in [1.82, 2.24) is 5.32 Å². The predicted octanol–water partition coefficient (Wildman–Crippen LogP) is 5.21. The number of benzene rings is 1. The maximum absolute atomic E-state index is 11.9. The topological polar surface area (TPSA) is 102 Å². The summed E-state index contributed by atoms with van der Waals surface area (Å²) in [4.78, 5) is 22.9. The van der Waals surface area contributed by atoms with E-state index in [1.165, 1.54) is 7.11 Å². The average Bonchev–Trinajstić information content (AvgIpc) is 2.84. The molecule has 1 aromatic carbocycles. The van der Waals surface area contributed by atoms with Gasteiger partial charge in [-0.15, -0.1) is 0 Å². The van der Waals surface area contributed by atoms with Crippen molar-refractivity contribution in [2.24, 2.45) is 0 Å². The third kappa shape index (κ3) is 18.5. The Morgan fingerprint density at radius 2 is 1.32 bits per heavy atom. The van der Waals surface area contributed by atoms with Crippen LogP contribution in [-0.4, -0.2) is 71.0 Å². The Bertz CT molecular complexity index is 733. The predicted molar refractivity (Wildman–Crippen MR) is 142 cm³/mol. The summed E-state index contributed by atoms with van der Waals surface area (Å²) in [7, 11) is 1.38. The number of carbonyl (C=O) groups is 2. The smallest absolute Gasteiger partial charge is 0.408 e. The number of nitrogens with one attached hydrogen (secondary N) is 1. The molecule has 9 nitrogen and oxygen atoms in total. The van der Waals surface area contributed by atoms with Gasteiger partial charge >= 0.3 is 12.1 Å². The third-order valence-electron chi connectivity index (χ3n) is 5.21. The van der Waals surface area contributed by atoms with Crippen LogP contribution in [0.15, 0.2) is 24.3 Å². The summed E-state index contributed by atoms with van der Waals surface area (Å²) in [6.07, 6.45) is 4.79. The molecular weight excluding hydrogens is 478 g/mol. The highest BCUT2D eigenvalue weighted by atomic mass is 16.6. The summed E-state index contributed by atoms with van der Waals surface area (Å²) < 4.78 is 32.1. The molecule has 1 atom stereocenters. The molecule has 1 amide bonds. The molecule has 0 aliphatic carbocycles. The Labute approximate surface area is 222 Å². The molecule has 1 aromatic rings. The van der Waals surface area contributed by atoms with Gasteiger partial charge in [-0.05, 0) is 71.1 Å². The van der Waals surface area contributed by atoms with Gasteiger partial charge in [-0.1, -0.05) is 18.6 Å². The molecule has 212 valence electrons. The van der Waals surface area contributed by atoms with Gasteiger partial charge < -0.3 is 33.7 Å². The van der Waals surface area contributed by atoms with E-state index in [4.69, 9.17) is 23.7 Å². The summed E-state index contributed by atoms with van der Waals surface area (Å²) in [6.45, 7) is 11.5. The highest BCUT2D eigenvalue weighted by molar-refractivity contribution is 5.69. The maximum atomic E-state index is 11.9. The normalized spacial score (nSPS) is 12.1. The first-order chi connectivity index (χ1) is 17.7. The fraction of sp³-hybridized carbons (Fsp3) is 0.714. The van der Waals surface area contributed by atoms with Crippen LogP contribution in [0.2, 0.25) is 0 Å². The molecule has 1 N–H and O–H groups in total. The third-order valence-corrected chi connectivity index (χ3v) is 5.21. The second kappa shape index (κ2) is 19.7. The minimum absolute atomic E-state index is 0.151. The van der Waals surface area contributed by atoms with Crippen molar-refractivity contribution in [3.8, 4) is 5.75 Å². The number of methoxy groups -OCH3 is 1. The minimum atomic E-state index is -0.518. The lowest BCUT2D eigenvalue weighted by atomic mass is 10.1. The van der Waals surface area contributed by atoms with Crippen LogP contribution in [0.3, 0.4) is 0 Å². The van der Waals surface area contributed by atoms with E-state index in [1.807, 2.05) is 52.0 Å². The monoisotopic (exact) mass is 525 g/mol. The van der Waals surface area contributed by atoms with E-state index in [2.05, 4.69) is 10.1 Å². The molecule has 0 aliphatic heterocycles. The number of hydrogen-bond donors (Lipinski definition) is 1.